The predicted molar refractivity (Wildman–Crippen MR) is 81.9 cm³/mol. The van der Waals surface area contributed by atoms with Gasteiger partial charge in [0.05, 0.1) is 17.1 Å². The number of rotatable bonds is 3. The average Bonchev–Trinajstić information content (AvgIpc) is 2.70. The summed E-state index contributed by atoms with van der Waals surface area (Å²) in [7, 11) is 1.95. The molecule has 3 N–H and O–H groups in total. The minimum Gasteiger partial charge on any atom is -0.486 e. The molecule has 0 atom stereocenters. The lowest BCUT2D eigenvalue weighted by molar-refractivity contribution is 0.172. The Morgan fingerprint density at radius 2 is 1.90 bits per heavy atom. The molecule has 1 aliphatic rings. The van der Waals surface area contributed by atoms with E-state index in [0.29, 0.717) is 31.2 Å². The van der Waals surface area contributed by atoms with Gasteiger partial charge >= 0.3 is 0 Å². The molecule has 1 aliphatic heterocycles. The molecule has 0 spiro atoms. The average molecular weight is 288 g/mol. The molecule has 21 heavy (non-hydrogen) atoms. The van der Waals surface area contributed by atoms with Crippen LogP contribution in [0.1, 0.15) is 17.0 Å². The summed E-state index contributed by atoms with van der Waals surface area (Å²) in [6, 6.07) is 3.70. The fraction of sp³-hybridized carbons (Fsp3) is 0.400. The van der Waals surface area contributed by atoms with Gasteiger partial charge in [0.15, 0.2) is 11.5 Å². The maximum absolute atomic E-state index is 6.07. The third-order valence-corrected chi connectivity index (χ3v) is 3.83. The van der Waals surface area contributed by atoms with Gasteiger partial charge < -0.3 is 20.5 Å². The van der Waals surface area contributed by atoms with E-state index in [1.807, 2.05) is 24.7 Å². The van der Waals surface area contributed by atoms with E-state index in [4.69, 9.17) is 15.2 Å². The first kappa shape index (κ1) is 13.6. The lowest BCUT2D eigenvalue weighted by atomic mass is 10.1. The monoisotopic (exact) mass is 288 g/mol. The van der Waals surface area contributed by atoms with Crippen molar-refractivity contribution in [1.82, 2.24) is 9.78 Å². The molecule has 0 unspecified atom stereocenters. The molecule has 2 heterocycles. The molecule has 1 aromatic heterocycles. The van der Waals surface area contributed by atoms with E-state index >= 15 is 0 Å². The Balaban J connectivity index is 1.82. The highest BCUT2D eigenvalue weighted by atomic mass is 16.6. The van der Waals surface area contributed by atoms with Crippen LogP contribution in [0.3, 0.4) is 0 Å². The summed E-state index contributed by atoms with van der Waals surface area (Å²) in [4.78, 5) is 0. The summed E-state index contributed by atoms with van der Waals surface area (Å²) < 4.78 is 13.0. The Bertz CT molecular complexity index is 679. The fourth-order valence-corrected chi connectivity index (χ4v) is 2.51. The number of aromatic nitrogens is 2. The molecule has 1 aromatic carbocycles. The van der Waals surface area contributed by atoms with Crippen molar-refractivity contribution < 1.29 is 9.47 Å². The Hall–Kier alpha value is -2.37. The van der Waals surface area contributed by atoms with Crippen molar-refractivity contribution in [3.63, 3.8) is 0 Å². The second-order valence-corrected chi connectivity index (χ2v) is 5.21. The van der Waals surface area contributed by atoms with Crippen LogP contribution < -0.4 is 20.5 Å². The van der Waals surface area contributed by atoms with Crippen molar-refractivity contribution >= 4 is 11.4 Å². The van der Waals surface area contributed by atoms with E-state index < -0.39 is 0 Å². The molecule has 3 rings (SSSR count). The van der Waals surface area contributed by atoms with Crippen molar-refractivity contribution in [1.29, 1.82) is 0 Å². The van der Waals surface area contributed by atoms with Crippen LogP contribution in [0.2, 0.25) is 0 Å². The van der Waals surface area contributed by atoms with Crippen molar-refractivity contribution in [2.75, 3.05) is 24.3 Å². The van der Waals surface area contributed by atoms with Crippen molar-refractivity contribution in [3.8, 4) is 11.5 Å². The third kappa shape index (κ3) is 2.49. The number of ether oxygens (including phenoxy) is 2. The molecule has 0 radical (unpaired) electrons. The van der Waals surface area contributed by atoms with Crippen LogP contribution in [0.15, 0.2) is 12.1 Å². The van der Waals surface area contributed by atoms with Crippen LogP contribution in [0, 0.1) is 13.8 Å². The van der Waals surface area contributed by atoms with Crippen molar-refractivity contribution in [2.45, 2.75) is 20.4 Å². The molecule has 0 saturated heterocycles. The molecule has 0 saturated carbocycles. The zero-order chi connectivity index (χ0) is 15.0. The van der Waals surface area contributed by atoms with E-state index in [1.54, 1.807) is 6.07 Å². The van der Waals surface area contributed by atoms with Gasteiger partial charge in [0.1, 0.15) is 13.2 Å². The highest BCUT2D eigenvalue weighted by Crippen LogP contribution is 2.37. The number of anilines is 2. The van der Waals surface area contributed by atoms with Crippen LogP contribution in [0.25, 0.3) is 0 Å². The van der Waals surface area contributed by atoms with E-state index in [0.717, 1.165) is 22.8 Å². The van der Waals surface area contributed by atoms with Gasteiger partial charge in [-0.3, -0.25) is 4.68 Å². The molecule has 0 amide bonds. The maximum atomic E-state index is 6.07. The molecule has 112 valence electrons. The molecule has 6 nitrogen and oxygen atoms in total. The van der Waals surface area contributed by atoms with Crippen LogP contribution in [-0.4, -0.2) is 23.0 Å². The second kappa shape index (κ2) is 5.20. The molecule has 0 bridgehead atoms. The summed E-state index contributed by atoms with van der Waals surface area (Å²) >= 11 is 0. The number of hydrogen-bond donors (Lipinski definition) is 2. The number of fused-ring (bicyclic) bond motifs is 1. The smallest absolute Gasteiger partial charge is 0.163 e. The maximum Gasteiger partial charge on any atom is 0.163 e. The normalized spacial score (nSPS) is 13.3. The van der Waals surface area contributed by atoms with Gasteiger partial charge in [0.2, 0.25) is 0 Å². The number of aryl methyl sites for hydroxylation is 2. The number of hydrogen-bond acceptors (Lipinski definition) is 5. The van der Waals surface area contributed by atoms with E-state index in [9.17, 15) is 0 Å². The van der Waals surface area contributed by atoms with Gasteiger partial charge in [0, 0.05) is 37.0 Å². The summed E-state index contributed by atoms with van der Waals surface area (Å²) in [5, 5.41) is 7.78. The number of nitrogens with zero attached hydrogens (tertiary/aromatic N) is 2. The third-order valence-electron chi connectivity index (χ3n) is 3.83. The molecule has 2 aromatic rings. The number of nitrogens with one attached hydrogen (secondary N) is 1. The van der Waals surface area contributed by atoms with Gasteiger partial charge in [0.25, 0.3) is 0 Å². The summed E-state index contributed by atoms with van der Waals surface area (Å²) in [6.07, 6.45) is 0. The van der Waals surface area contributed by atoms with Gasteiger partial charge in [-0.1, -0.05) is 0 Å². The van der Waals surface area contributed by atoms with E-state index in [2.05, 4.69) is 17.3 Å². The quantitative estimate of drug-likeness (QED) is 0.845. The number of nitrogen functional groups attached to an aromatic ring is 1. The zero-order valence-corrected chi connectivity index (χ0v) is 12.6. The van der Waals surface area contributed by atoms with Crippen LogP contribution in [0.5, 0.6) is 11.5 Å². The van der Waals surface area contributed by atoms with E-state index in [1.165, 1.54) is 5.56 Å². The first-order valence-corrected chi connectivity index (χ1v) is 6.98. The molecule has 6 heteroatoms. The fourth-order valence-electron chi connectivity index (χ4n) is 2.51. The summed E-state index contributed by atoms with van der Waals surface area (Å²) in [6.45, 7) is 5.88. The van der Waals surface area contributed by atoms with Crippen LogP contribution in [-0.2, 0) is 13.6 Å². The lowest BCUT2D eigenvalue weighted by Crippen LogP contribution is -2.16. The molecule has 0 fully saturated rings. The van der Waals surface area contributed by atoms with Gasteiger partial charge in [-0.15, -0.1) is 0 Å². The highest BCUT2D eigenvalue weighted by Gasteiger charge is 2.15. The van der Waals surface area contributed by atoms with E-state index in [-0.39, 0.29) is 0 Å². The second-order valence-electron chi connectivity index (χ2n) is 5.21. The standard InChI is InChI=1S/C15H20N4O2/c1-9-11(10(2)19(3)18-9)8-17-13-7-15-14(6-12(13)16)20-4-5-21-15/h6-7,17H,4-5,8,16H2,1-3H3. The van der Waals surface area contributed by atoms with Crippen molar-refractivity contribution in [2.24, 2.45) is 7.05 Å². The summed E-state index contributed by atoms with van der Waals surface area (Å²) in [5.41, 5.74) is 10.9. The highest BCUT2D eigenvalue weighted by molar-refractivity contribution is 5.72. The lowest BCUT2D eigenvalue weighted by Gasteiger charge is -2.20. The SMILES string of the molecule is Cc1nn(C)c(C)c1CNc1cc2c(cc1N)OCCO2. The van der Waals surface area contributed by atoms with Crippen LogP contribution in [0.4, 0.5) is 11.4 Å². The Kier molecular flexibility index (Phi) is 3.37. The Morgan fingerprint density at radius 1 is 1.24 bits per heavy atom. The summed E-state index contributed by atoms with van der Waals surface area (Å²) in [5.74, 6) is 1.44. The van der Waals surface area contributed by atoms with Gasteiger partial charge in [-0.2, -0.15) is 5.10 Å². The first-order valence-electron chi connectivity index (χ1n) is 6.98. The molecular weight excluding hydrogens is 268 g/mol. The topological polar surface area (TPSA) is 74.3 Å². The van der Waals surface area contributed by atoms with Gasteiger partial charge in [-0.05, 0) is 13.8 Å². The zero-order valence-electron chi connectivity index (χ0n) is 12.6. The number of benzene rings is 1. The Morgan fingerprint density at radius 3 is 2.52 bits per heavy atom. The predicted octanol–water partition coefficient (Wildman–Crippen LogP) is 2.00. The first-order chi connectivity index (χ1) is 10.1. The molecular formula is C15H20N4O2. The largest absolute Gasteiger partial charge is 0.486 e. The van der Waals surface area contributed by atoms with Crippen LogP contribution >= 0.6 is 0 Å². The van der Waals surface area contributed by atoms with Gasteiger partial charge in [-0.25, -0.2) is 0 Å². The number of nitrogens with two attached hydrogens (primary N) is 1. The Labute approximate surface area is 123 Å². The minimum atomic E-state index is 0.563. The van der Waals surface area contributed by atoms with Crippen molar-refractivity contribution in [3.05, 3.63) is 29.1 Å². The molecule has 0 aliphatic carbocycles. The minimum absolute atomic E-state index is 0.563.